The van der Waals surface area contributed by atoms with Crippen LogP contribution in [-0.2, 0) is 11.3 Å². The van der Waals surface area contributed by atoms with Gasteiger partial charge in [0.2, 0.25) is 0 Å². The maximum Gasteiger partial charge on any atom is 0.407 e. The summed E-state index contributed by atoms with van der Waals surface area (Å²) in [7, 11) is 0. The Balaban J connectivity index is 1.97. The topological polar surface area (TPSA) is 47.6 Å². The fourth-order valence-electron chi connectivity index (χ4n) is 2.29. The van der Waals surface area contributed by atoms with Crippen LogP contribution >= 0.6 is 0 Å². The molecule has 134 valence electrons. The summed E-state index contributed by atoms with van der Waals surface area (Å²) in [5.74, 6) is 0.884. The number of rotatable bonds is 6. The van der Waals surface area contributed by atoms with E-state index in [1.54, 1.807) is 0 Å². The van der Waals surface area contributed by atoms with Crippen molar-refractivity contribution in [3.63, 3.8) is 0 Å². The van der Waals surface area contributed by atoms with Crippen molar-refractivity contribution in [2.75, 3.05) is 6.61 Å². The van der Waals surface area contributed by atoms with Gasteiger partial charge in [0.05, 0.1) is 6.61 Å². The largest absolute Gasteiger partial charge is 0.494 e. The minimum atomic E-state index is -0.487. The number of amides is 1. The molecule has 0 spiro atoms. The van der Waals surface area contributed by atoms with Crippen LogP contribution < -0.4 is 10.1 Å². The summed E-state index contributed by atoms with van der Waals surface area (Å²) in [5, 5.41) is 2.77. The van der Waals surface area contributed by atoms with E-state index >= 15 is 0 Å². The predicted molar refractivity (Wildman–Crippen MR) is 101 cm³/mol. The standard InChI is InChI=1S/C21H27NO3/c1-5-13-24-19-8-6-7-18(14-19)17-11-9-16(10-12-17)15-22-20(23)25-21(2,3)4/h6-12,14H,5,13,15H2,1-4H3,(H,22,23). The van der Waals surface area contributed by atoms with Crippen LogP contribution in [0.1, 0.15) is 39.7 Å². The van der Waals surface area contributed by atoms with E-state index < -0.39 is 11.7 Å². The lowest BCUT2D eigenvalue weighted by molar-refractivity contribution is 0.0523. The van der Waals surface area contributed by atoms with Gasteiger partial charge >= 0.3 is 6.09 Å². The lowest BCUT2D eigenvalue weighted by atomic mass is 10.0. The highest BCUT2D eigenvalue weighted by Crippen LogP contribution is 2.24. The Kier molecular flexibility index (Phi) is 6.45. The number of hydrogen-bond donors (Lipinski definition) is 1. The van der Waals surface area contributed by atoms with E-state index in [-0.39, 0.29) is 0 Å². The third-order valence-corrected chi connectivity index (χ3v) is 3.43. The highest BCUT2D eigenvalue weighted by molar-refractivity contribution is 5.68. The molecule has 2 aromatic rings. The molecule has 0 aliphatic rings. The molecule has 0 fully saturated rings. The molecular formula is C21H27NO3. The van der Waals surface area contributed by atoms with Gasteiger partial charge in [-0.25, -0.2) is 4.79 Å². The Morgan fingerprint density at radius 3 is 2.40 bits per heavy atom. The van der Waals surface area contributed by atoms with E-state index in [1.807, 2.05) is 63.2 Å². The summed E-state index contributed by atoms with van der Waals surface area (Å²) in [6.45, 7) is 8.79. The van der Waals surface area contributed by atoms with E-state index in [2.05, 4.69) is 18.3 Å². The van der Waals surface area contributed by atoms with Crippen molar-refractivity contribution in [1.29, 1.82) is 0 Å². The molecule has 0 heterocycles. The fourth-order valence-corrected chi connectivity index (χ4v) is 2.29. The van der Waals surface area contributed by atoms with E-state index in [0.717, 1.165) is 35.5 Å². The maximum atomic E-state index is 11.7. The number of alkyl carbamates (subject to hydrolysis) is 1. The van der Waals surface area contributed by atoms with E-state index in [0.29, 0.717) is 6.54 Å². The summed E-state index contributed by atoms with van der Waals surface area (Å²) < 4.78 is 10.9. The molecule has 1 amide bonds. The predicted octanol–water partition coefficient (Wildman–Crippen LogP) is 5.17. The maximum absolute atomic E-state index is 11.7. The van der Waals surface area contributed by atoms with Gasteiger partial charge in [0, 0.05) is 6.54 Å². The Morgan fingerprint density at radius 1 is 1.04 bits per heavy atom. The van der Waals surface area contributed by atoms with Crippen LogP contribution in [0.15, 0.2) is 48.5 Å². The van der Waals surface area contributed by atoms with Gasteiger partial charge in [-0.3, -0.25) is 0 Å². The molecule has 0 atom stereocenters. The molecular weight excluding hydrogens is 314 g/mol. The Hall–Kier alpha value is -2.49. The first-order valence-corrected chi connectivity index (χ1v) is 8.66. The molecule has 0 unspecified atom stereocenters. The van der Waals surface area contributed by atoms with Crippen molar-refractivity contribution < 1.29 is 14.3 Å². The van der Waals surface area contributed by atoms with Gasteiger partial charge in [0.15, 0.2) is 0 Å². The monoisotopic (exact) mass is 341 g/mol. The number of hydrogen-bond acceptors (Lipinski definition) is 3. The van der Waals surface area contributed by atoms with Crippen LogP contribution in [-0.4, -0.2) is 18.3 Å². The zero-order valence-corrected chi connectivity index (χ0v) is 15.5. The number of nitrogens with one attached hydrogen (secondary N) is 1. The Bertz CT molecular complexity index is 687. The number of ether oxygens (including phenoxy) is 2. The summed E-state index contributed by atoms with van der Waals surface area (Å²) in [5.41, 5.74) is 2.76. The van der Waals surface area contributed by atoms with Crippen molar-refractivity contribution >= 4 is 6.09 Å². The number of benzene rings is 2. The molecule has 0 bridgehead atoms. The summed E-state index contributed by atoms with van der Waals surface area (Å²) in [6.07, 6.45) is 0.584. The minimum absolute atomic E-state index is 0.405. The third kappa shape index (κ3) is 6.49. The highest BCUT2D eigenvalue weighted by Gasteiger charge is 2.15. The second-order valence-electron chi connectivity index (χ2n) is 6.93. The van der Waals surface area contributed by atoms with Gasteiger partial charge < -0.3 is 14.8 Å². The molecule has 0 radical (unpaired) electrons. The average molecular weight is 341 g/mol. The van der Waals surface area contributed by atoms with Gasteiger partial charge in [-0.15, -0.1) is 0 Å². The zero-order chi connectivity index (χ0) is 18.3. The molecule has 2 rings (SSSR count). The lowest BCUT2D eigenvalue weighted by Gasteiger charge is -2.19. The van der Waals surface area contributed by atoms with Crippen LogP contribution in [0.4, 0.5) is 4.79 Å². The van der Waals surface area contributed by atoms with Crippen LogP contribution in [0.2, 0.25) is 0 Å². The van der Waals surface area contributed by atoms with Crippen molar-refractivity contribution in [3.8, 4) is 16.9 Å². The Labute approximate surface area is 150 Å². The summed E-state index contributed by atoms with van der Waals surface area (Å²) in [6, 6.07) is 16.2. The third-order valence-electron chi connectivity index (χ3n) is 3.43. The van der Waals surface area contributed by atoms with E-state index in [1.165, 1.54) is 0 Å². The van der Waals surface area contributed by atoms with E-state index in [9.17, 15) is 4.79 Å². The number of carbonyl (C=O) groups is 1. The second-order valence-corrected chi connectivity index (χ2v) is 6.93. The van der Waals surface area contributed by atoms with Gasteiger partial charge in [-0.05, 0) is 56.0 Å². The van der Waals surface area contributed by atoms with Crippen LogP contribution in [0, 0.1) is 0 Å². The van der Waals surface area contributed by atoms with Gasteiger partial charge in [-0.1, -0.05) is 43.3 Å². The normalized spacial score (nSPS) is 11.0. The van der Waals surface area contributed by atoms with Crippen molar-refractivity contribution in [2.45, 2.75) is 46.3 Å². The molecule has 0 saturated carbocycles. The quantitative estimate of drug-likeness (QED) is 0.789. The van der Waals surface area contributed by atoms with Crippen molar-refractivity contribution in [1.82, 2.24) is 5.32 Å². The highest BCUT2D eigenvalue weighted by atomic mass is 16.6. The molecule has 0 aliphatic carbocycles. The first kappa shape index (κ1) is 18.8. The molecule has 25 heavy (non-hydrogen) atoms. The first-order chi connectivity index (χ1) is 11.9. The first-order valence-electron chi connectivity index (χ1n) is 8.66. The average Bonchev–Trinajstić information content (AvgIpc) is 2.57. The number of carbonyl (C=O) groups excluding carboxylic acids is 1. The zero-order valence-electron chi connectivity index (χ0n) is 15.5. The van der Waals surface area contributed by atoms with Crippen LogP contribution in [0.5, 0.6) is 5.75 Å². The molecule has 1 N–H and O–H groups in total. The smallest absolute Gasteiger partial charge is 0.407 e. The summed E-state index contributed by atoms with van der Waals surface area (Å²) in [4.78, 5) is 11.7. The molecule has 4 nitrogen and oxygen atoms in total. The molecule has 0 aromatic heterocycles. The van der Waals surface area contributed by atoms with Crippen molar-refractivity contribution in [3.05, 3.63) is 54.1 Å². The second kappa shape index (κ2) is 8.56. The fraction of sp³-hybridized carbons (Fsp3) is 0.381. The van der Waals surface area contributed by atoms with Crippen LogP contribution in [0.3, 0.4) is 0 Å². The minimum Gasteiger partial charge on any atom is -0.494 e. The molecule has 0 saturated heterocycles. The molecule has 0 aliphatic heterocycles. The SMILES string of the molecule is CCCOc1cccc(-c2ccc(CNC(=O)OC(C)(C)C)cc2)c1. The Morgan fingerprint density at radius 2 is 1.76 bits per heavy atom. The van der Waals surface area contributed by atoms with Gasteiger partial charge in [0.1, 0.15) is 11.4 Å². The lowest BCUT2D eigenvalue weighted by Crippen LogP contribution is -2.32. The summed E-state index contributed by atoms with van der Waals surface area (Å²) >= 11 is 0. The molecule has 4 heteroatoms. The van der Waals surface area contributed by atoms with Crippen molar-refractivity contribution in [2.24, 2.45) is 0 Å². The van der Waals surface area contributed by atoms with Gasteiger partial charge in [-0.2, -0.15) is 0 Å². The van der Waals surface area contributed by atoms with Crippen LogP contribution in [0.25, 0.3) is 11.1 Å². The molecule has 2 aromatic carbocycles. The van der Waals surface area contributed by atoms with E-state index in [4.69, 9.17) is 9.47 Å². The van der Waals surface area contributed by atoms with Gasteiger partial charge in [0.25, 0.3) is 0 Å².